The molecule has 3 aromatic carbocycles. The highest BCUT2D eigenvalue weighted by Gasteiger charge is 2.32. The van der Waals surface area contributed by atoms with Gasteiger partial charge in [-0.1, -0.05) is 18.2 Å². The molecule has 0 radical (unpaired) electrons. The second-order valence-electron chi connectivity index (χ2n) is 9.34. The van der Waals surface area contributed by atoms with Gasteiger partial charge < -0.3 is 4.74 Å². The van der Waals surface area contributed by atoms with Crippen LogP contribution in [0.1, 0.15) is 34.6 Å². The normalized spacial score (nSPS) is 18.1. The number of ether oxygens (including phenoxy) is 1. The number of para-hydroxylation sites is 1. The lowest BCUT2D eigenvalue weighted by Crippen LogP contribution is -2.48. The average molecular weight is 587 g/mol. The van der Waals surface area contributed by atoms with Crippen molar-refractivity contribution in [1.29, 1.82) is 0 Å². The number of carbonyl (C=O) groups excluding carboxylic acids is 2. The molecule has 1 aliphatic rings. The Hall–Kier alpha value is -3.78. The highest BCUT2D eigenvalue weighted by molar-refractivity contribution is 7.92. The summed E-state index contributed by atoms with van der Waals surface area (Å²) >= 11 is 0. The van der Waals surface area contributed by atoms with Crippen molar-refractivity contribution in [2.75, 3.05) is 24.4 Å². The number of benzene rings is 3. The van der Waals surface area contributed by atoms with E-state index < -0.39 is 31.9 Å². The third kappa shape index (κ3) is 6.33. The summed E-state index contributed by atoms with van der Waals surface area (Å²) in [6.07, 6.45) is -0.466. The molecule has 1 saturated heterocycles. The summed E-state index contributed by atoms with van der Waals surface area (Å²) in [6, 6.07) is 19.2. The Bertz CT molecular complexity index is 1570. The molecule has 1 aliphatic heterocycles. The Morgan fingerprint density at radius 1 is 0.750 bits per heavy atom. The van der Waals surface area contributed by atoms with E-state index >= 15 is 0 Å². The van der Waals surface area contributed by atoms with Gasteiger partial charge in [0.05, 0.1) is 27.7 Å². The minimum atomic E-state index is -3.84. The predicted octanol–water partition coefficient (Wildman–Crippen LogP) is 2.38. The lowest BCUT2D eigenvalue weighted by molar-refractivity contribution is -0.0440. The summed E-state index contributed by atoms with van der Waals surface area (Å²) in [7, 11) is -6.17. The first kappa shape index (κ1) is 29.2. The number of anilines is 1. The third-order valence-electron chi connectivity index (χ3n) is 6.32. The average Bonchev–Trinajstić information content (AvgIpc) is 2.95. The van der Waals surface area contributed by atoms with Gasteiger partial charge in [0, 0.05) is 31.3 Å². The van der Waals surface area contributed by atoms with Crippen molar-refractivity contribution in [2.24, 2.45) is 0 Å². The van der Waals surface area contributed by atoms with Gasteiger partial charge in [0.2, 0.25) is 10.0 Å². The van der Waals surface area contributed by atoms with E-state index in [2.05, 4.69) is 10.9 Å². The molecule has 11 nitrogen and oxygen atoms in total. The second-order valence-corrected chi connectivity index (χ2v) is 13.3. The van der Waals surface area contributed by atoms with Gasteiger partial charge in [-0.25, -0.2) is 16.8 Å². The fourth-order valence-corrected chi connectivity index (χ4v) is 7.01. The first-order chi connectivity index (χ1) is 18.9. The van der Waals surface area contributed by atoms with Crippen LogP contribution >= 0.6 is 0 Å². The number of hydrogen-bond donors (Lipinski definition) is 2. The fraction of sp³-hybridized carbons (Fsp3) is 0.259. The fourth-order valence-electron chi connectivity index (χ4n) is 4.23. The summed E-state index contributed by atoms with van der Waals surface area (Å²) in [5.41, 5.74) is 5.29. The number of nitrogens with zero attached hydrogens (tertiary/aromatic N) is 2. The van der Waals surface area contributed by atoms with E-state index in [1.54, 1.807) is 44.2 Å². The van der Waals surface area contributed by atoms with Gasteiger partial charge in [-0.3, -0.25) is 24.7 Å². The Morgan fingerprint density at radius 3 is 1.68 bits per heavy atom. The van der Waals surface area contributed by atoms with Gasteiger partial charge in [0.1, 0.15) is 0 Å². The van der Waals surface area contributed by atoms with Gasteiger partial charge >= 0.3 is 0 Å². The van der Waals surface area contributed by atoms with Crippen LogP contribution in [0.2, 0.25) is 0 Å². The maximum absolute atomic E-state index is 13.0. The van der Waals surface area contributed by atoms with Crippen LogP contribution in [0, 0.1) is 0 Å². The summed E-state index contributed by atoms with van der Waals surface area (Å²) < 4.78 is 59.9. The van der Waals surface area contributed by atoms with Crippen molar-refractivity contribution in [1.82, 2.24) is 15.2 Å². The second kappa shape index (κ2) is 11.8. The largest absolute Gasteiger partial charge is 0.373 e. The summed E-state index contributed by atoms with van der Waals surface area (Å²) in [5, 5.41) is 0. The van der Waals surface area contributed by atoms with Crippen LogP contribution < -0.4 is 15.2 Å². The molecule has 0 aliphatic carbocycles. The van der Waals surface area contributed by atoms with E-state index in [1.165, 1.54) is 59.9 Å². The maximum Gasteiger partial charge on any atom is 0.269 e. The molecule has 212 valence electrons. The molecule has 2 N–H and O–H groups in total. The van der Waals surface area contributed by atoms with Crippen molar-refractivity contribution in [3.8, 4) is 0 Å². The van der Waals surface area contributed by atoms with Crippen molar-refractivity contribution in [2.45, 2.75) is 35.8 Å². The van der Waals surface area contributed by atoms with E-state index in [0.29, 0.717) is 5.69 Å². The summed E-state index contributed by atoms with van der Waals surface area (Å²) in [4.78, 5) is 25.1. The van der Waals surface area contributed by atoms with Crippen molar-refractivity contribution in [3.63, 3.8) is 0 Å². The van der Waals surface area contributed by atoms with E-state index in [0.717, 1.165) is 4.31 Å². The lowest BCUT2D eigenvalue weighted by atomic mass is 10.2. The van der Waals surface area contributed by atoms with Gasteiger partial charge in [-0.2, -0.15) is 4.31 Å². The van der Waals surface area contributed by atoms with Gasteiger partial charge in [-0.05, 0) is 74.5 Å². The van der Waals surface area contributed by atoms with Crippen LogP contribution in [0.3, 0.4) is 0 Å². The zero-order valence-electron chi connectivity index (χ0n) is 22.1. The molecule has 0 bridgehead atoms. The molecule has 0 aromatic heterocycles. The molecule has 3 aromatic rings. The van der Waals surface area contributed by atoms with Crippen LogP contribution in [0.25, 0.3) is 0 Å². The molecular formula is C27H30N4O7S2. The van der Waals surface area contributed by atoms with Gasteiger partial charge in [0.25, 0.3) is 21.8 Å². The molecule has 0 unspecified atom stereocenters. The molecule has 4 rings (SSSR count). The van der Waals surface area contributed by atoms with Crippen LogP contribution in [-0.4, -0.2) is 65.3 Å². The predicted molar refractivity (Wildman–Crippen MR) is 149 cm³/mol. The molecule has 40 heavy (non-hydrogen) atoms. The van der Waals surface area contributed by atoms with Gasteiger partial charge in [0.15, 0.2) is 0 Å². The topological polar surface area (TPSA) is 142 Å². The molecule has 2 atom stereocenters. The number of nitrogens with one attached hydrogen (secondary N) is 2. The number of sulfonamides is 2. The minimum Gasteiger partial charge on any atom is -0.373 e. The Morgan fingerprint density at radius 2 is 1.20 bits per heavy atom. The number of rotatable bonds is 7. The molecule has 2 amide bonds. The molecular weight excluding hydrogens is 556 g/mol. The highest BCUT2D eigenvalue weighted by atomic mass is 32.2. The van der Waals surface area contributed by atoms with E-state index in [9.17, 15) is 26.4 Å². The number of hydrogen-bond acceptors (Lipinski definition) is 7. The minimum absolute atomic E-state index is 0.00419. The summed E-state index contributed by atoms with van der Waals surface area (Å²) in [5.74, 6) is -1.32. The van der Waals surface area contributed by atoms with Crippen LogP contribution in [-0.2, 0) is 24.8 Å². The highest BCUT2D eigenvalue weighted by Crippen LogP contribution is 2.23. The standard InChI is InChI=1S/C27H30N4O7S2/c1-19-17-31(18-20(2)38-19)40(36,37)25-15-11-22(12-16-25)27(33)29-28-26(32)21-9-13-24(14-10-21)39(34,35)30(3)23-7-5-4-6-8-23/h4-16,19-20H,17-18H2,1-3H3,(H,28,32)(H,29,33)/t19-,20+. The monoisotopic (exact) mass is 586 g/mol. The summed E-state index contributed by atoms with van der Waals surface area (Å²) in [6.45, 7) is 4.08. The van der Waals surface area contributed by atoms with Gasteiger partial charge in [-0.15, -0.1) is 0 Å². The smallest absolute Gasteiger partial charge is 0.269 e. The van der Waals surface area contributed by atoms with Crippen molar-refractivity contribution >= 4 is 37.5 Å². The van der Waals surface area contributed by atoms with Crippen LogP contribution in [0.15, 0.2) is 88.7 Å². The Kier molecular flexibility index (Phi) is 8.59. The molecule has 0 spiro atoms. The van der Waals surface area contributed by atoms with E-state index in [-0.39, 0.29) is 46.2 Å². The quantitative estimate of drug-likeness (QED) is 0.405. The lowest BCUT2D eigenvalue weighted by Gasteiger charge is -2.34. The first-order valence-electron chi connectivity index (χ1n) is 12.4. The Balaban J connectivity index is 1.36. The number of carbonyl (C=O) groups is 2. The molecule has 0 saturated carbocycles. The van der Waals surface area contributed by atoms with Crippen molar-refractivity contribution in [3.05, 3.63) is 90.0 Å². The van der Waals surface area contributed by atoms with Crippen molar-refractivity contribution < 1.29 is 31.2 Å². The zero-order valence-corrected chi connectivity index (χ0v) is 23.8. The number of amides is 2. The molecule has 13 heteroatoms. The molecule has 1 heterocycles. The molecule has 1 fully saturated rings. The number of morpholine rings is 1. The van der Waals surface area contributed by atoms with E-state index in [4.69, 9.17) is 4.74 Å². The Labute approximate surface area is 233 Å². The number of hydrazine groups is 1. The van der Waals surface area contributed by atoms with E-state index in [1.807, 2.05) is 0 Å². The third-order valence-corrected chi connectivity index (χ3v) is 9.97. The first-order valence-corrected chi connectivity index (χ1v) is 15.3. The SMILES string of the molecule is C[C@@H]1CN(S(=O)(=O)c2ccc(C(=O)NNC(=O)c3ccc(S(=O)(=O)N(C)c4ccccc4)cc3)cc2)C[C@H](C)O1. The van der Waals surface area contributed by atoms with Crippen LogP contribution in [0.5, 0.6) is 0 Å². The van der Waals surface area contributed by atoms with Crippen LogP contribution in [0.4, 0.5) is 5.69 Å². The maximum atomic E-state index is 13.0. The zero-order chi connectivity index (χ0) is 29.1.